The highest BCUT2D eigenvalue weighted by Gasteiger charge is 2.17. The Balaban J connectivity index is 3.09. The van der Waals surface area contributed by atoms with E-state index in [1.807, 2.05) is 0 Å². The zero-order valence-electron chi connectivity index (χ0n) is 6.16. The Labute approximate surface area is 66.4 Å². The first-order chi connectivity index (χ1) is 5.52. The lowest BCUT2D eigenvalue weighted by Gasteiger charge is -1.96. The maximum absolute atomic E-state index is 12.1. The summed E-state index contributed by atoms with van der Waals surface area (Å²) in [5, 5.41) is 11.8. The van der Waals surface area contributed by atoms with Crippen LogP contribution in [0.3, 0.4) is 0 Å². The Hall–Kier alpha value is -1.46. The van der Waals surface area contributed by atoms with Crippen molar-refractivity contribution in [1.82, 2.24) is 9.78 Å². The Kier molecular flexibility index (Phi) is 2.07. The van der Waals surface area contributed by atoms with Crippen LogP contribution in [0.4, 0.5) is 8.78 Å². The molecule has 1 N–H and O–H groups in total. The Morgan fingerprint density at radius 1 is 1.75 bits per heavy atom. The van der Waals surface area contributed by atoms with E-state index in [4.69, 9.17) is 5.11 Å². The summed E-state index contributed by atoms with van der Waals surface area (Å²) in [6.45, 7) is 0. The highest BCUT2D eigenvalue weighted by atomic mass is 19.3. The van der Waals surface area contributed by atoms with Crippen LogP contribution in [0.25, 0.3) is 0 Å². The lowest BCUT2D eigenvalue weighted by atomic mass is 10.3. The number of hydrogen-bond donors (Lipinski definition) is 1. The van der Waals surface area contributed by atoms with Crippen molar-refractivity contribution in [2.75, 3.05) is 0 Å². The van der Waals surface area contributed by atoms with Crippen LogP contribution < -0.4 is 0 Å². The van der Waals surface area contributed by atoms with Gasteiger partial charge in [0.1, 0.15) is 5.69 Å². The molecule has 1 rings (SSSR count). The van der Waals surface area contributed by atoms with E-state index in [1.54, 1.807) is 0 Å². The van der Waals surface area contributed by atoms with E-state index in [1.165, 1.54) is 7.05 Å². The maximum Gasteiger partial charge on any atom is 0.356 e. The minimum atomic E-state index is -2.70. The number of alkyl halides is 2. The predicted molar refractivity (Wildman–Crippen MR) is 35.1 cm³/mol. The summed E-state index contributed by atoms with van der Waals surface area (Å²) in [6.07, 6.45) is -2.70. The van der Waals surface area contributed by atoms with E-state index < -0.39 is 18.1 Å². The average Bonchev–Trinajstić information content (AvgIpc) is 2.30. The first-order valence-electron chi connectivity index (χ1n) is 3.07. The Bertz CT molecular complexity index is 308. The van der Waals surface area contributed by atoms with Gasteiger partial charge in [0.05, 0.1) is 0 Å². The van der Waals surface area contributed by atoms with Crippen LogP contribution in [0.1, 0.15) is 22.6 Å². The molecular weight excluding hydrogens is 170 g/mol. The van der Waals surface area contributed by atoms with Crippen LogP contribution in [-0.2, 0) is 7.05 Å². The summed E-state index contributed by atoms with van der Waals surface area (Å²) in [5.74, 6) is -1.31. The van der Waals surface area contributed by atoms with Crippen molar-refractivity contribution >= 4 is 5.97 Å². The topological polar surface area (TPSA) is 55.1 Å². The molecule has 0 spiro atoms. The number of aromatic carboxylic acids is 1. The van der Waals surface area contributed by atoms with Gasteiger partial charge in [-0.2, -0.15) is 5.10 Å². The molecule has 0 aliphatic rings. The van der Waals surface area contributed by atoms with Crippen molar-refractivity contribution in [3.05, 3.63) is 17.5 Å². The molecule has 4 nitrogen and oxygen atoms in total. The van der Waals surface area contributed by atoms with Crippen molar-refractivity contribution in [2.24, 2.45) is 7.05 Å². The lowest BCUT2D eigenvalue weighted by molar-refractivity contribution is 0.0689. The van der Waals surface area contributed by atoms with Gasteiger partial charge in [-0.15, -0.1) is 0 Å². The molecule has 0 radical (unpaired) electrons. The molecule has 0 aliphatic heterocycles. The van der Waals surface area contributed by atoms with Crippen LogP contribution in [0.15, 0.2) is 6.07 Å². The first-order valence-corrected chi connectivity index (χ1v) is 3.07. The SMILES string of the molecule is Cn1nc(C(=O)O)cc1C(F)F. The molecular formula is C6H6F2N2O2. The average molecular weight is 176 g/mol. The molecule has 0 amide bonds. The highest BCUT2D eigenvalue weighted by molar-refractivity contribution is 5.85. The molecule has 0 bridgehead atoms. The van der Waals surface area contributed by atoms with Gasteiger partial charge in [0.2, 0.25) is 0 Å². The number of carbonyl (C=O) groups is 1. The van der Waals surface area contributed by atoms with Crippen LogP contribution in [0.5, 0.6) is 0 Å². The number of carboxylic acids is 1. The summed E-state index contributed by atoms with van der Waals surface area (Å²) < 4.78 is 25.0. The van der Waals surface area contributed by atoms with Gasteiger partial charge in [-0.05, 0) is 6.07 Å². The molecule has 1 aromatic heterocycles. The summed E-state index contributed by atoms with van der Waals surface area (Å²) in [5.41, 5.74) is -0.764. The lowest BCUT2D eigenvalue weighted by Crippen LogP contribution is -2.00. The molecule has 6 heteroatoms. The number of hydrogen-bond acceptors (Lipinski definition) is 2. The van der Waals surface area contributed by atoms with Gasteiger partial charge in [0, 0.05) is 7.05 Å². The maximum atomic E-state index is 12.1. The fourth-order valence-electron chi connectivity index (χ4n) is 0.790. The Morgan fingerprint density at radius 2 is 2.33 bits per heavy atom. The third-order valence-electron chi connectivity index (χ3n) is 1.36. The molecule has 0 aliphatic carbocycles. The largest absolute Gasteiger partial charge is 0.476 e. The van der Waals surface area contributed by atoms with Crippen molar-refractivity contribution in [3.63, 3.8) is 0 Å². The van der Waals surface area contributed by atoms with Gasteiger partial charge >= 0.3 is 5.97 Å². The summed E-state index contributed by atoms with van der Waals surface area (Å²) >= 11 is 0. The van der Waals surface area contributed by atoms with Gasteiger partial charge < -0.3 is 5.11 Å². The van der Waals surface area contributed by atoms with E-state index in [2.05, 4.69) is 5.10 Å². The second kappa shape index (κ2) is 2.88. The van der Waals surface area contributed by atoms with E-state index in [-0.39, 0.29) is 5.69 Å². The molecule has 0 unspecified atom stereocenters. The highest BCUT2D eigenvalue weighted by Crippen LogP contribution is 2.18. The van der Waals surface area contributed by atoms with Gasteiger partial charge in [0.25, 0.3) is 6.43 Å². The smallest absolute Gasteiger partial charge is 0.356 e. The van der Waals surface area contributed by atoms with E-state index in [0.29, 0.717) is 0 Å². The minimum Gasteiger partial charge on any atom is -0.476 e. The zero-order valence-corrected chi connectivity index (χ0v) is 6.16. The molecule has 66 valence electrons. The van der Waals surface area contributed by atoms with Gasteiger partial charge in [0.15, 0.2) is 5.69 Å². The van der Waals surface area contributed by atoms with Crippen molar-refractivity contribution in [1.29, 1.82) is 0 Å². The number of rotatable bonds is 2. The third kappa shape index (κ3) is 1.41. The predicted octanol–water partition coefficient (Wildman–Crippen LogP) is 1.06. The van der Waals surface area contributed by atoms with E-state index >= 15 is 0 Å². The van der Waals surface area contributed by atoms with Crippen LogP contribution in [0.2, 0.25) is 0 Å². The first kappa shape index (κ1) is 8.63. The molecule has 0 fully saturated rings. The fourth-order valence-corrected chi connectivity index (χ4v) is 0.790. The molecule has 0 aromatic carbocycles. The molecule has 0 saturated carbocycles. The normalized spacial score (nSPS) is 10.7. The molecule has 0 atom stereocenters. The third-order valence-corrected chi connectivity index (χ3v) is 1.36. The van der Waals surface area contributed by atoms with E-state index in [9.17, 15) is 13.6 Å². The van der Waals surface area contributed by atoms with Crippen LogP contribution >= 0.6 is 0 Å². The number of halogens is 2. The second-order valence-corrected chi connectivity index (χ2v) is 2.18. The van der Waals surface area contributed by atoms with Crippen LogP contribution in [-0.4, -0.2) is 20.9 Å². The number of aryl methyl sites for hydroxylation is 1. The number of nitrogens with zero attached hydrogens (tertiary/aromatic N) is 2. The molecule has 12 heavy (non-hydrogen) atoms. The quantitative estimate of drug-likeness (QED) is 0.732. The van der Waals surface area contributed by atoms with Crippen LogP contribution in [0, 0.1) is 0 Å². The zero-order chi connectivity index (χ0) is 9.30. The number of carboxylic acid groups (broad SMARTS) is 1. The van der Waals surface area contributed by atoms with Gasteiger partial charge in [-0.3, -0.25) is 4.68 Å². The summed E-state index contributed by atoms with van der Waals surface area (Å²) in [6, 6.07) is 0.854. The Morgan fingerprint density at radius 3 is 2.58 bits per heavy atom. The van der Waals surface area contributed by atoms with Gasteiger partial charge in [-0.25, -0.2) is 13.6 Å². The van der Waals surface area contributed by atoms with Crippen molar-refractivity contribution < 1.29 is 18.7 Å². The number of aromatic nitrogens is 2. The van der Waals surface area contributed by atoms with Crippen molar-refractivity contribution in [3.8, 4) is 0 Å². The second-order valence-electron chi connectivity index (χ2n) is 2.18. The summed E-state index contributed by atoms with van der Waals surface area (Å²) in [7, 11) is 1.27. The van der Waals surface area contributed by atoms with E-state index in [0.717, 1.165) is 10.7 Å². The monoisotopic (exact) mass is 176 g/mol. The standard InChI is InChI=1S/C6H6F2N2O2/c1-10-4(5(7)8)2-3(9-10)6(11)12/h2,5H,1H3,(H,11,12). The van der Waals surface area contributed by atoms with Crippen molar-refractivity contribution in [2.45, 2.75) is 6.43 Å². The fraction of sp³-hybridized carbons (Fsp3) is 0.333. The minimum absolute atomic E-state index is 0.368. The van der Waals surface area contributed by atoms with Gasteiger partial charge in [-0.1, -0.05) is 0 Å². The molecule has 1 heterocycles. The molecule has 1 aromatic rings. The summed E-state index contributed by atoms with van der Waals surface area (Å²) in [4.78, 5) is 10.3. The molecule has 0 saturated heterocycles.